The number of carbonyl (C=O) groups excluding carboxylic acids is 1. The topological polar surface area (TPSA) is 121 Å². The summed E-state index contributed by atoms with van der Waals surface area (Å²) in [6.07, 6.45) is 8.24. The van der Waals surface area contributed by atoms with Gasteiger partial charge in [0.05, 0.1) is 13.3 Å². The highest BCUT2D eigenvalue weighted by atomic mass is 16.5. The lowest BCUT2D eigenvalue weighted by molar-refractivity contribution is 0.0595. The van der Waals surface area contributed by atoms with E-state index in [2.05, 4.69) is 19.9 Å². The number of nitrogens with zero attached hydrogens (tertiary/aromatic N) is 5. The van der Waals surface area contributed by atoms with Crippen molar-refractivity contribution in [2.45, 2.75) is 0 Å². The molecule has 0 aliphatic carbocycles. The van der Waals surface area contributed by atoms with Crippen molar-refractivity contribution in [2.75, 3.05) is 12.8 Å². The molecule has 0 aliphatic heterocycles. The minimum atomic E-state index is -0.674. The average Bonchev–Trinajstić information content (AvgIpc) is 3.31. The Morgan fingerprint density at radius 3 is 2.84 bits per heavy atom. The molecule has 0 aromatic carbocycles. The first-order valence-corrected chi connectivity index (χ1v) is 7.26. The number of rotatable bonds is 3. The standard InChI is InChI=1S/C16H12N6O3/c1-24-16(23)13-14(17)21-12(15-19-4-7-25-15)11(20-13)9-2-5-22-6-3-18-10(22)8-9/h2-8H,1H3,(H2,17,21). The summed E-state index contributed by atoms with van der Waals surface area (Å²) in [5, 5.41) is 0. The molecule has 4 aromatic rings. The van der Waals surface area contributed by atoms with Crippen molar-refractivity contribution in [2.24, 2.45) is 0 Å². The third kappa shape index (κ3) is 2.47. The van der Waals surface area contributed by atoms with Gasteiger partial charge in [-0.15, -0.1) is 0 Å². The molecule has 2 N–H and O–H groups in total. The number of nitrogens with two attached hydrogens (primary N) is 1. The summed E-state index contributed by atoms with van der Waals surface area (Å²) < 4.78 is 11.9. The summed E-state index contributed by atoms with van der Waals surface area (Å²) >= 11 is 0. The molecule has 0 unspecified atom stereocenters. The molecule has 124 valence electrons. The monoisotopic (exact) mass is 336 g/mol. The van der Waals surface area contributed by atoms with Crippen LogP contribution in [-0.2, 0) is 4.74 Å². The van der Waals surface area contributed by atoms with Crippen molar-refractivity contribution in [3.8, 4) is 22.8 Å². The van der Waals surface area contributed by atoms with Crippen LogP contribution >= 0.6 is 0 Å². The molecule has 25 heavy (non-hydrogen) atoms. The summed E-state index contributed by atoms with van der Waals surface area (Å²) in [5.41, 5.74) is 7.91. The highest BCUT2D eigenvalue weighted by molar-refractivity contribution is 5.93. The number of fused-ring (bicyclic) bond motifs is 1. The van der Waals surface area contributed by atoms with Gasteiger partial charge in [-0.2, -0.15) is 0 Å². The molecular formula is C16H12N6O3. The quantitative estimate of drug-likeness (QED) is 0.562. The Bertz CT molecular complexity index is 1070. The number of esters is 1. The van der Waals surface area contributed by atoms with Crippen molar-refractivity contribution in [1.82, 2.24) is 24.3 Å². The van der Waals surface area contributed by atoms with Crippen molar-refractivity contribution in [3.05, 3.63) is 48.9 Å². The third-order valence-corrected chi connectivity index (χ3v) is 3.61. The van der Waals surface area contributed by atoms with Crippen LogP contribution in [0.15, 0.2) is 47.6 Å². The molecule has 0 fully saturated rings. The van der Waals surface area contributed by atoms with Gasteiger partial charge in [0.1, 0.15) is 17.6 Å². The van der Waals surface area contributed by atoms with Gasteiger partial charge in [-0.25, -0.2) is 24.7 Å². The minimum absolute atomic E-state index is 0.0642. The van der Waals surface area contributed by atoms with Crippen LogP contribution in [-0.4, -0.2) is 37.4 Å². The fourth-order valence-electron chi connectivity index (χ4n) is 2.44. The molecule has 4 heterocycles. The predicted molar refractivity (Wildman–Crippen MR) is 87.5 cm³/mol. The number of methoxy groups -OCH3 is 1. The van der Waals surface area contributed by atoms with Gasteiger partial charge >= 0.3 is 5.97 Å². The fourth-order valence-corrected chi connectivity index (χ4v) is 2.44. The van der Waals surface area contributed by atoms with Gasteiger partial charge in [0.15, 0.2) is 17.2 Å². The zero-order valence-corrected chi connectivity index (χ0v) is 13.1. The number of hydrogen-bond donors (Lipinski definition) is 1. The number of imidazole rings is 1. The van der Waals surface area contributed by atoms with Crippen molar-refractivity contribution in [3.63, 3.8) is 0 Å². The smallest absolute Gasteiger partial charge is 0.360 e. The van der Waals surface area contributed by atoms with E-state index in [4.69, 9.17) is 14.9 Å². The Kier molecular flexibility index (Phi) is 3.38. The molecule has 0 saturated heterocycles. The SMILES string of the molecule is COC(=O)c1nc(-c2ccn3ccnc3c2)c(-c2ncco2)nc1N. The zero-order valence-electron chi connectivity index (χ0n) is 13.1. The van der Waals surface area contributed by atoms with E-state index in [0.29, 0.717) is 22.6 Å². The number of aromatic nitrogens is 5. The summed E-state index contributed by atoms with van der Waals surface area (Å²) in [6.45, 7) is 0. The average molecular weight is 336 g/mol. The second-order valence-electron chi connectivity index (χ2n) is 5.09. The van der Waals surface area contributed by atoms with Crippen LogP contribution in [0.2, 0.25) is 0 Å². The van der Waals surface area contributed by atoms with E-state index in [9.17, 15) is 4.79 Å². The van der Waals surface area contributed by atoms with E-state index < -0.39 is 5.97 Å². The second-order valence-corrected chi connectivity index (χ2v) is 5.09. The maximum Gasteiger partial charge on any atom is 0.360 e. The van der Waals surface area contributed by atoms with Crippen LogP contribution in [0.25, 0.3) is 28.5 Å². The Morgan fingerprint density at radius 2 is 2.08 bits per heavy atom. The first-order chi connectivity index (χ1) is 12.2. The number of ether oxygens (including phenoxy) is 1. The molecule has 0 atom stereocenters. The largest absolute Gasteiger partial charge is 0.464 e. The number of nitrogen functional groups attached to an aromatic ring is 1. The number of pyridine rings is 1. The molecule has 0 aliphatic rings. The number of carbonyl (C=O) groups is 1. The third-order valence-electron chi connectivity index (χ3n) is 3.61. The molecule has 0 saturated carbocycles. The molecule has 9 heteroatoms. The first-order valence-electron chi connectivity index (χ1n) is 7.26. The first kappa shape index (κ1) is 14.8. The van der Waals surface area contributed by atoms with E-state index in [0.717, 1.165) is 0 Å². The van der Waals surface area contributed by atoms with Gasteiger partial charge in [-0.1, -0.05) is 0 Å². The molecular weight excluding hydrogens is 324 g/mol. The van der Waals surface area contributed by atoms with Gasteiger partial charge < -0.3 is 19.3 Å². The molecule has 9 nitrogen and oxygen atoms in total. The summed E-state index contributed by atoms with van der Waals surface area (Å²) in [7, 11) is 1.25. The molecule has 0 bridgehead atoms. The Labute approximate surface area is 141 Å². The van der Waals surface area contributed by atoms with Crippen molar-refractivity contribution < 1.29 is 13.9 Å². The van der Waals surface area contributed by atoms with Crippen molar-refractivity contribution >= 4 is 17.4 Å². The molecule has 0 amide bonds. The summed E-state index contributed by atoms with van der Waals surface area (Å²) in [5.74, 6) is -0.494. The van der Waals surface area contributed by atoms with Gasteiger partial charge in [0.25, 0.3) is 0 Å². The number of oxazole rings is 1. The zero-order chi connectivity index (χ0) is 17.4. The Hall–Kier alpha value is -3.75. The van der Waals surface area contributed by atoms with Gasteiger partial charge in [0.2, 0.25) is 5.89 Å². The highest BCUT2D eigenvalue weighted by Gasteiger charge is 2.22. The number of hydrogen-bond acceptors (Lipinski definition) is 8. The van der Waals surface area contributed by atoms with Crippen LogP contribution in [0.4, 0.5) is 5.82 Å². The second kappa shape index (κ2) is 5.71. The molecule has 4 aromatic heterocycles. The van der Waals surface area contributed by atoms with Crippen LogP contribution in [0, 0.1) is 0 Å². The molecule has 0 radical (unpaired) electrons. The van der Waals surface area contributed by atoms with Crippen LogP contribution in [0.1, 0.15) is 10.5 Å². The summed E-state index contributed by atoms with van der Waals surface area (Å²) in [6, 6.07) is 3.64. The summed E-state index contributed by atoms with van der Waals surface area (Å²) in [4.78, 5) is 28.9. The molecule has 0 spiro atoms. The normalized spacial score (nSPS) is 10.9. The highest BCUT2D eigenvalue weighted by Crippen LogP contribution is 2.30. The van der Waals surface area contributed by atoms with E-state index >= 15 is 0 Å². The maximum absolute atomic E-state index is 11.9. The van der Waals surface area contributed by atoms with Crippen LogP contribution in [0.5, 0.6) is 0 Å². The Morgan fingerprint density at radius 1 is 1.20 bits per heavy atom. The number of anilines is 1. The lowest BCUT2D eigenvalue weighted by Gasteiger charge is -2.10. The van der Waals surface area contributed by atoms with E-state index in [1.54, 1.807) is 6.20 Å². The van der Waals surface area contributed by atoms with Gasteiger partial charge in [0, 0.05) is 24.2 Å². The van der Waals surface area contributed by atoms with E-state index in [-0.39, 0.29) is 17.4 Å². The Balaban J connectivity index is 1.98. The molecule has 4 rings (SSSR count). The fraction of sp³-hybridized carbons (Fsp3) is 0.0625. The van der Waals surface area contributed by atoms with Crippen LogP contribution in [0.3, 0.4) is 0 Å². The van der Waals surface area contributed by atoms with Gasteiger partial charge in [-0.3, -0.25) is 0 Å². The predicted octanol–water partition coefficient (Wildman–Crippen LogP) is 1.82. The lowest BCUT2D eigenvalue weighted by Crippen LogP contribution is -2.12. The maximum atomic E-state index is 11.9. The van der Waals surface area contributed by atoms with Crippen LogP contribution < -0.4 is 5.73 Å². The lowest BCUT2D eigenvalue weighted by atomic mass is 10.1. The minimum Gasteiger partial charge on any atom is -0.464 e. The van der Waals surface area contributed by atoms with Crippen molar-refractivity contribution in [1.29, 1.82) is 0 Å². The van der Waals surface area contributed by atoms with E-state index in [1.165, 1.54) is 19.6 Å². The van der Waals surface area contributed by atoms with E-state index in [1.807, 2.05) is 28.9 Å². The van der Waals surface area contributed by atoms with Gasteiger partial charge in [-0.05, 0) is 12.1 Å².